The lowest BCUT2D eigenvalue weighted by Crippen LogP contribution is -2.24. The Balaban J connectivity index is 2.40. The molecule has 0 heterocycles. The predicted molar refractivity (Wildman–Crippen MR) is 64.0 cm³/mol. The third kappa shape index (κ3) is 4.39. The van der Waals surface area contributed by atoms with E-state index in [1.807, 2.05) is 32.0 Å². The molecule has 4 heteroatoms. The second kappa shape index (κ2) is 6.74. The third-order valence-corrected chi connectivity index (χ3v) is 2.35. The molecule has 0 saturated carbocycles. The molecule has 16 heavy (non-hydrogen) atoms. The topological polar surface area (TPSA) is 38.7 Å². The van der Waals surface area contributed by atoms with Crippen LogP contribution in [-0.4, -0.2) is 30.5 Å². The van der Waals surface area contributed by atoms with Crippen LogP contribution in [0.3, 0.4) is 0 Å². The zero-order chi connectivity index (χ0) is 12.0. The molecule has 0 bridgehead atoms. The number of hydrogen-bond donors (Lipinski definition) is 1. The van der Waals surface area contributed by atoms with Crippen LogP contribution in [0.5, 0.6) is 5.75 Å². The summed E-state index contributed by atoms with van der Waals surface area (Å²) in [6.07, 6.45) is -0.272. The number of hydrogen-bond acceptors (Lipinski definition) is 3. The van der Waals surface area contributed by atoms with Crippen LogP contribution in [0.4, 0.5) is 0 Å². The molecule has 0 saturated heterocycles. The second-order valence-corrected chi connectivity index (χ2v) is 4.09. The van der Waals surface area contributed by atoms with E-state index in [-0.39, 0.29) is 18.8 Å². The molecule has 0 radical (unpaired) electrons. The van der Waals surface area contributed by atoms with Gasteiger partial charge in [-0.1, -0.05) is 23.7 Å². The van der Waals surface area contributed by atoms with Crippen molar-refractivity contribution in [1.29, 1.82) is 0 Å². The number of ether oxygens (including phenoxy) is 2. The summed E-state index contributed by atoms with van der Waals surface area (Å²) in [4.78, 5) is 0. The maximum absolute atomic E-state index is 8.79. The van der Waals surface area contributed by atoms with E-state index in [1.165, 1.54) is 0 Å². The maximum Gasteiger partial charge on any atom is 0.138 e. The Morgan fingerprint density at radius 3 is 2.56 bits per heavy atom. The molecule has 1 aromatic carbocycles. The standard InChI is InChI=1S/C12H17ClO3/c1-9(7-14)15-8-10(2)16-12-6-4-3-5-11(12)13/h3-6,9-10,14H,7-8H2,1-2H3. The fourth-order valence-electron chi connectivity index (χ4n) is 1.14. The zero-order valence-corrected chi connectivity index (χ0v) is 10.3. The van der Waals surface area contributed by atoms with Crippen LogP contribution in [0, 0.1) is 0 Å². The number of aliphatic hydroxyl groups is 1. The molecule has 0 amide bonds. The first-order valence-electron chi connectivity index (χ1n) is 5.27. The van der Waals surface area contributed by atoms with Gasteiger partial charge < -0.3 is 14.6 Å². The van der Waals surface area contributed by atoms with Gasteiger partial charge in [-0.15, -0.1) is 0 Å². The monoisotopic (exact) mass is 244 g/mol. The van der Waals surface area contributed by atoms with Gasteiger partial charge in [0.05, 0.1) is 24.3 Å². The van der Waals surface area contributed by atoms with Crippen LogP contribution in [0.25, 0.3) is 0 Å². The SMILES string of the molecule is CC(CO)OCC(C)Oc1ccccc1Cl. The van der Waals surface area contributed by atoms with Crippen molar-refractivity contribution in [3.8, 4) is 5.75 Å². The van der Waals surface area contributed by atoms with Crippen molar-refractivity contribution < 1.29 is 14.6 Å². The molecule has 90 valence electrons. The first kappa shape index (κ1) is 13.3. The van der Waals surface area contributed by atoms with E-state index in [4.69, 9.17) is 26.2 Å². The van der Waals surface area contributed by atoms with Crippen LogP contribution in [0.1, 0.15) is 13.8 Å². The minimum Gasteiger partial charge on any atom is -0.487 e. The van der Waals surface area contributed by atoms with E-state index >= 15 is 0 Å². The van der Waals surface area contributed by atoms with E-state index in [2.05, 4.69) is 0 Å². The molecule has 2 unspecified atom stereocenters. The summed E-state index contributed by atoms with van der Waals surface area (Å²) in [5.41, 5.74) is 0. The minimum atomic E-state index is -0.169. The molecule has 0 fully saturated rings. The molecule has 0 aromatic heterocycles. The Labute approximate surface area is 101 Å². The van der Waals surface area contributed by atoms with E-state index in [0.29, 0.717) is 17.4 Å². The van der Waals surface area contributed by atoms with E-state index in [1.54, 1.807) is 6.07 Å². The summed E-state index contributed by atoms with van der Waals surface area (Å²) in [7, 11) is 0. The molecule has 1 rings (SSSR count). The second-order valence-electron chi connectivity index (χ2n) is 3.69. The van der Waals surface area contributed by atoms with Gasteiger partial charge in [0.15, 0.2) is 0 Å². The summed E-state index contributed by atoms with van der Waals surface area (Å²) < 4.78 is 10.9. The Kier molecular flexibility index (Phi) is 5.60. The summed E-state index contributed by atoms with van der Waals surface area (Å²) in [5, 5.41) is 9.38. The lowest BCUT2D eigenvalue weighted by molar-refractivity contribution is -0.0109. The predicted octanol–water partition coefficient (Wildman–Crippen LogP) is 2.50. The molecular formula is C12H17ClO3. The average molecular weight is 245 g/mol. The minimum absolute atomic E-state index is 0.0127. The maximum atomic E-state index is 8.79. The van der Waals surface area contributed by atoms with Crippen molar-refractivity contribution in [2.24, 2.45) is 0 Å². The number of benzene rings is 1. The van der Waals surface area contributed by atoms with Gasteiger partial charge in [-0.25, -0.2) is 0 Å². The highest BCUT2D eigenvalue weighted by Gasteiger charge is 2.09. The highest BCUT2D eigenvalue weighted by molar-refractivity contribution is 6.32. The van der Waals surface area contributed by atoms with Crippen LogP contribution in [-0.2, 0) is 4.74 Å². The molecule has 1 N–H and O–H groups in total. The van der Waals surface area contributed by atoms with Crippen LogP contribution >= 0.6 is 11.6 Å². The number of rotatable bonds is 6. The van der Waals surface area contributed by atoms with Crippen molar-refractivity contribution in [2.45, 2.75) is 26.1 Å². The fourth-order valence-corrected chi connectivity index (χ4v) is 1.32. The van der Waals surface area contributed by atoms with Gasteiger partial charge in [0, 0.05) is 0 Å². The molecule has 3 nitrogen and oxygen atoms in total. The first-order valence-corrected chi connectivity index (χ1v) is 5.65. The van der Waals surface area contributed by atoms with Gasteiger partial charge >= 0.3 is 0 Å². The summed E-state index contributed by atoms with van der Waals surface area (Å²) >= 11 is 5.95. The molecule has 0 spiro atoms. The summed E-state index contributed by atoms with van der Waals surface area (Å²) in [6.45, 7) is 4.14. The van der Waals surface area contributed by atoms with Crippen molar-refractivity contribution in [3.05, 3.63) is 29.3 Å². The average Bonchev–Trinajstić information content (AvgIpc) is 2.29. The normalized spacial score (nSPS) is 14.5. The van der Waals surface area contributed by atoms with Crippen molar-refractivity contribution in [3.63, 3.8) is 0 Å². The van der Waals surface area contributed by atoms with Crippen LogP contribution in [0.2, 0.25) is 5.02 Å². The molecule has 0 aliphatic rings. The molecule has 0 aliphatic heterocycles. The van der Waals surface area contributed by atoms with Gasteiger partial charge in [-0.3, -0.25) is 0 Å². The van der Waals surface area contributed by atoms with Crippen molar-refractivity contribution >= 4 is 11.6 Å². The van der Waals surface area contributed by atoms with Gasteiger partial charge in [-0.2, -0.15) is 0 Å². The lowest BCUT2D eigenvalue weighted by atomic mass is 10.3. The van der Waals surface area contributed by atoms with Gasteiger partial charge in [0.1, 0.15) is 11.9 Å². The highest BCUT2D eigenvalue weighted by Crippen LogP contribution is 2.24. The summed E-state index contributed by atoms with van der Waals surface area (Å²) in [6, 6.07) is 7.31. The zero-order valence-electron chi connectivity index (χ0n) is 9.52. The Bertz CT molecular complexity index is 317. The van der Waals surface area contributed by atoms with Crippen molar-refractivity contribution in [2.75, 3.05) is 13.2 Å². The van der Waals surface area contributed by atoms with Gasteiger partial charge in [0.25, 0.3) is 0 Å². The van der Waals surface area contributed by atoms with Crippen molar-refractivity contribution in [1.82, 2.24) is 0 Å². The number of aliphatic hydroxyl groups excluding tert-OH is 1. The van der Waals surface area contributed by atoms with Gasteiger partial charge in [-0.05, 0) is 26.0 Å². The Morgan fingerprint density at radius 1 is 1.25 bits per heavy atom. The lowest BCUT2D eigenvalue weighted by Gasteiger charge is -2.17. The van der Waals surface area contributed by atoms with Crippen LogP contribution in [0.15, 0.2) is 24.3 Å². The molecule has 0 aliphatic carbocycles. The van der Waals surface area contributed by atoms with E-state index in [9.17, 15) is 0 Å². The number of para-hydroxylation sites is 1. The third-order valence-electron chi connectivity index (χ3n) is 2.04. The highest BCUT2D eigenvalue weighted by atomic mass is 35.5. The largest absolute Gasteiger partial charge is 0.487 e. The Morgan fingerprint density at radius 2 is 1.94 bits per heavy atom. The molecular weight excluding hydrogens is 228 g/mol. The quantitative estimate of drug-likeness (QED) is 0.836. The fraction of sp³-hybridized carbons (Fsp3) is 0.500. The molecule has 2 atom stereocenters. The first-order chi connectivity index (χ1) is 7.63. The molecule has 1 aromatic rings. The van der Waals surface area contributed by atoms with Gasteiger partial charge in [0.2, 0.25) is 0 Å². The number of halogens is 1. The van der Waals surface area contributed by atoms with E-state index in [0.717, 1.165) is 0 Å². The smallest absolute Gasteiger partial charge is 0.138 e. The Hall–Kier alpha value is -0.770. The van der Waals surface area contributed by atoms with E-state index < -0.39 is 0 Å². The van der Waals surface area contributed by atoms with Crippen LogP contribution < -0.4 is 4.74 Å². The summed E-state index contributed by atoms with van der Waals surface area (Å²) in [5.74, 6) is 0.650.